The fourth-order valence-electron chi connectivity index (χ4n) is 3.83. The fourth-order valence-corrected chi connectivity index (χ4v) is 4.89. The number of halogens is 1. The van der Waals surface area contributed by atoms with Crippen LogP contribution >= 0.6 is 0 Å². The molecule has 4 rings (SSSR count). The van der Waals surface area contributed by atoms with Gasteiger partial charge >= 0.3 is 0 Å². The van der Waals surface area contributed by atoms with Crippen molar-refractivity contribution < 1.29 is 17.6 Å². The number of nitrogens with zero attached hydrogens (tertiary/aromatic N) is 2. The molecule has 3 aromatic rings. The summed E-state index contributed by atoms with van der Waals surface area (Å²) in [6, 6.07) is 19.3. The van der Waals surface area contributed by atoms with E-state index >= 15 is 0 Å². The van der Waals surface area contributed by atoms with Crippen molar-refractivity contribution in [3.05, 3.63) is 95.3 Å². The first-order valence-corrected chi connectivity index (χ1v) is 12.2. The molecule has 1 heterocycles. The number of carbonyl (C=O) groups is 1. The minimum absolute atomic E-state index is 0.0346. The lowest BCUT2D eigenvalue weighted by Crippen LogP contribution is -2.48. The number of hydrogen-bond donors (Lipinski definition) is 1. The second-order valence-corrected chi connectivity index (χ2v) is 9.81. The Morgan fingerprint density at radius 2 is 1.55 bits per heavy atom. The van der Waals surface area contributed by atoms with E-state index in [4.69, 9.17) is 0 Å². The molecule has 3 aromatic carbocycles. The highest BCUT2D eigenvalue weighted by atomic mass is 32.2. The highest BCUT2D eigenvalue weighted by molar-refractivity contribution is 7.92. The van der Waals surface area contributed by atoms with E-state index in [2.05, 4.69) is 28.7 Å². The molecule has 1 aliphatic rings. The van der Waals surface area contributed by atoms with Crippen molar-refractivity contribution in [2.45, 2.75) is 18.4 Å². The van der Waals surface area contributed by atoms with Crippen LogP contribution in [0.3, 0.4) is 0 Å². The standard InChI is InChI=1S/C25H26FN3O3S/c1-19-4-2-3-5-21(19)18-28-14-16-29(17-15-28)25(30)20-6-10-23(11-7-20)27-33(31,32)24-12-8-22(26)9-13-24/h2-13,27H,14-18H2,1H3. The Kier molecular flexibility index (Phi) is 6.76. The number of carbonyl (C=O) groups excluding carboxylic acids is 1. The maximum atomic E-state index is 13.1. The molecule has 1 N–H and O–H groups in total. The van der Waals surface area contributed by atoms with Gasteiger partial charge in [0.25, 0.3) is 15.9 Å². The van der Waals surface area contributed by atoms with Crippen LogP contribution in [0.4, 0.5) is 10.1 Å². The van der Waals surface area contributed by atoms with Crippen LogP contribution in [0.1, 0.15) is 21.5 Å². The van der Waals surface area contributed by atoms with E-state index in [1.54, 1.807) is 24.3 Å². The van der Waals surface area contributed by atoms with Crippen molar-refractivity contribution in [1.29, 1.82) is 0 Å². The number of hydrogen-bond acceptors (Lipinski definition) is 4. The molecule has 8 heteroatoms. The number of benzene rings is 3. The van der Waals surface area contributed by atoms with Crippen LogP contribution in [0.2, 0.25) is 0 Å². The molecule has 1 amide bonds. The first-order chi connectivity index (χ1) is 15.8. The maximum Gasteiger partial charge on any atom is 0.261 e. The van der Waals surface area contributed by atoms with Gasteiger partial charge in [-0.2, -0.15) is 0 Å². The van der Waals surface area contributed by atoms with E-state index in [-0.39, 0.29) is 10.8 Å². The molecular formula is C25H26FN3O3S. The summed E-state index contributed by atoms with van der Waals surface area (Å²) in [5.41, 5.74) is 3.41. The van der Waals surface area contributed by atoms with Crippen molar-refractivity contribution in [1.82, 2.24) is 9.80 Å². The molecule has 1 saturated heterocycles. The Bertz CT molecular complexity index is 1220. The van der Waals surface area contributed by atoms with Gasteiger partial charge in [0.2, 0.25) is 0 Å². The number of piperazine rings is 1. The molecule has 0 radical (unpaired) electrons. The first-order valence-electron chi connectivity index (χ1n) is 10.8. The average Bonchev–Trinajstić information content (AvgIpc) is 2.81. The number of nitrogens with one attached hydrogen (secondary N) is 1. The van der Waals surface area contributed by atoms with Gasteiger partial charge in [0.05, 0.1) is 4.90 Å². The van der Waals surface area contributed by atoms with Crippen LogP contribution in [0.15, 0.2) is 77.7 Å². The lowest BCUT2D eigenvalue weighted by atomic mass is 10.1. The molecule has 0 aromatic heterocycles. The van der Waals surface area contributed by atoms with Gasteiger partial charge < -0.3 is 4.90 Å². The molecule has 0 saturated carbocycles. The van der Waals surface area contributed by atoms with Crippen molar-refractivity contribution in [3.8, 4) is 0 Å². The van der Waals surface area contributed by atoms with Gasteiger partial charge in [0.1, 0.15) is 5.82 Å². The van der Waals surface area contributed by atoms with Gasteiger partial charge in [-0.1, -0.05) is 24.3 Å². The van der Waals surface area contributed by atoms with E-state index in [1.807, 2.05) is 17.0 Å². The highest BCUT2D eigenvalue weighted by Gasteiger charge is 2.22. The van der Waals surface area contributed by atoms with Crippen LogP contribution in [0.5, 0.6) is 0 Å². The second kappa shape index (κ2) is 9.72. The Morgan fingerprint density at radius 3 is 2.18 bits per heavy atom. The van der Waals surface area contributed by atoms with Crippen LogP contribution in [-0.2, 0) is 16.6 Å². The predicted molar refractivity (Wildman–Crippen MR) is 126 cm³/mol. The van der Waals surface area contributed by atoms with Gasteiger partial charge in [-0.05, 0) is 66.6 Å². The number of amides is 1. The summed E-state index contributed by atoms with van der Waals surface area (Å²) in [6.07, 6.45) is 0. The van der Waals surface area contributed by atoms with Crippen LogP contribution < -0.4 is 4.72 Å². The van der Waals surface area contributed by atoms with Crippen molar-refractivity contribution >= 4 is 21.6 Å². The molecule has 0 bridgehead atoms. The topological polar surface area (TPSA) is 69.7 Å². The van der Waals surface area contributed by atoms with Crippen molar-refractivity contribution in [2.24, 2.45) is 0 Å². The van der Waals surface area contributed by atoms with Crippen LogP contribution in [0, 0.1) is 12.7 Å². The third-order valence-corrected chi connectivity index (χ3v) is 7.22. The van der Waals surface area contributed by atoms with E-state index in [0.29, 0.717) is 24.3 Å². The van der Waals surface area contributed by atoms with Crippen molar-refractivity contribution in [3.63, 3.8) is 0 Å². The van der Waals surface area contributed by atoms with Crippen LogP contribution in [0.25, 0.3) is 0 Å². The molecule has 0 spiro atoms. The summed E-state index contributed by atoms with van der Waals surface area (Å²) >= 11 is 0. The SMILES string of the molecule is Cc1ccccc1CN1CCN(C(=O)c2ccc(NS(=O)(=O)c3ccc(F)cc3)cc2)CC1. The minimum Gasteiger partial charge on any atom is -0.336 e. The molecule has 33 heavy (non-hydrogen) atoms. The average molecular weight is 468 g/mol. The maximum absolute atomic E-state index is 13.1. The zero-order valence-corrected chi connectivity index (χ0v) is 19.2. The van der Waals surface area contributed by atoms with Crippen LogP contribution in [-0.4, -0.2) is 50.3 Å². The smallest absolute Gasteiger partial charge is 0.261 e. The number of anilines is 1. The zero-order chi connectivity index (χ0) is 23.4. The summed E-state index contributed by atoms with van der Waals surface area (Å²) < 4.78 is 40.4. The number of aryl methyl sites for hydroxylation is 1. The van der Waals surface area contributed by atoms with Gasteiger partial charge in [0, 0.05) is 44.0 Å². The summed E-state index contributed by atoms with van der Waals surface area (Å²) in [5.74, 6) is -0.577. The highest BCUT2D eigenvalue weighted by Crippen LogP contribution is 2.19. The van der Waals surface area contributed by atoms with Gasteiger partial charge in [0.15, 0.2) is 0 Å². The molecule has 6 nitrogen and oxygen atoms in total. The van der Waals surface area contributed by atoms with Crippen molar-refractivity contribution in [2.75, 3.05) is 30.9 Å². The lowest BCUT2D eigenvalue weighted by Gasteiger charge is -2.35. The third kappa shape index (κ3) is 5.58. The molecule has 1 aliphatic heterocycles. The van der Waals surface area contributed by atoms with E-state index in [0.717, 1.165) is 31.8 Å². The molecule has 172 valence electrons. The summed E-state index contributed by atoms with van der Waals surface area (Å²) in [4.78, 5) is 17.0. The Hall–Kier alpha value is -3.23. The lowest BCUT2D eigenvalue weighted by molar-refractivity contribution is 0.0628. The molecule has 1 fully saturated rings. The van der Waals surface area contributed by atoms with E-state index < -0.39 is 15.8 Å². The van der Waals surface area contributed by atoms with Gasteiger partial charge in [-0.3, -0.25) is 14.4 Å². The van der Waals surface area contributed by atoms with Gasteiger partial charge in [-0.25, -0.2) is 12.8 Å². The summed E-state index contributed by atoms with van der Waals surface area (Å²) in [7, 11) is -3.84. The molecule has 0 aliphatic carbocycles. The quantitative estimate of drug-likeness (QED) is 0.597. The molecule has 0 atom stereocenters. The van der Waals surface area contributed by atoms with Gasteiger partial charge in [-0.15, -0.1) is 0 Å². The Morgan fingerprint density at radius 1 is 0.909 bits per heavy atom. The zero-order valence-electron chi connectivity index (χ0n) is 18.4. The predicted octanol–water partition coefficient (Wildman–Crippen LogP) is 3.89. The monoisotopic (exact) mass is 467 g/mol. The number of sulfonamides is 1. The fraction of sp³-hybridized carbons (Fsp3) is 0.240. The minimum atomic E-state index is -3.84. The summed E-state index contributed by atoms with van der Waals surface area (Å²) in [5, 5.41) is 0. The van der Waals surface area contributed by atoms with E-state index in [9.17, 15) is 17.6 Å². The number of rotatable bonds is 6. The second-order valence-electron chi connectivity index (χ2n) is 8.13. The van der Waals surface area contributed by atoms with E-state index in [1.165, 1.54) is 23.3 Å². The first kappa shape index (κ1) is 22.9. The molecule has 0 unspecified atom stereocenters. The third-order valence-electron chi connectivity index (χ3n) is 5.82. The largest absolute Gasteiger partial charge is 0.336 e. The normalized spacial score (nSPS) is 14.8. The Labute approximate surface area is 193 Å². The summed E-state index contributed by atoms with van der Waals surface area (Å²) in [6.45, 7) is 5.87. The molecular weight excluding hydrogens is 441 g/mol. The Balaban J connectivity index is 1.34.